The van der Waals surface area contributed by atoms with Gasteiger partial charge in [0.2, 0.25) is 5.67 Å². The Hall–Kier alpha value is -1.39. The molecule has 2 rings (SSSR count). The summed E-state index contributed by atoms with van der Waals surface area (Å²) in [5.41, 5.74) is -6.07. The van der Waals surface area contributed by atoms with Crippen molar-refractivity contribution in [3.63, 3.8) is 0 Å². The van der Waals surface area contributed by atoms with Crippen LogP contribution in [0.2, 0.25) is 0 Å². The zero-order valence-corrected chi connectivity index (χ0v) is 18.9. The van der Waals surface area contributed by atoms with Crippen LogP contribution in [0.4, 0.5) is 8.78 Å². The van der Waals surface area contributed by atoms with Crippen LogP contribution in [0.1, 0.15) is 13.2 Å². The van der Waals surface area contributed by atoms with Crippen molar-refractivity contribution in [3.05, 3.63) is 45.3 Å². The largest absolute Gasteiger partial charge is 0.490 e. The van der Waals surface area contributed by atoms with Gasteiger partial charge in [-0.15, -0.1) is 0 Å². The second kappa shape index (κ2) is 9.00. The third-order valence-electron chi connectivity index (χ3n) is 4.07. The standard InChI is InChI=1S/C12H17F2N2O14P3/c1-6(2)12(14)8(18)11(13,28-9(12)16-4-3-7(17)15-10(16)19)5-27-32(23,24)30-33(25,26)29-31(20,21)22/h3-4,8-9,18H,1,5H2,2H3,(H,23,24)(H,25,26)(H,15,17,19)(H2,20,21,22)/t8-,9?,11-,12-/m1/s1. The molecule has 1 aromatic rings. The fourth-order valence-electron chi connectivity index (χ4n) is 2.69. The molecular weight excluding hydrogens is 527 g/mol. The fourth-order valence-corrected chi connectivity index (χ4v) is 5.72. The zero-order valence-electron chi connectivity index (χ0n) is 16.2. The molecule has 0 bridgehead atoms. The molecule has 0 radical (unpaired) electrons. The highest BCUT2D eigenvalue weighted by molar-refractivity contribution is 7.66. The van der Waals surface area contributed by atoms with Gasteiger partial charge in [-0.3, -0.25) is 18.9 Å². The van der Waals surface area contributed by atoms with E-state index in [0.29, 0.717) is 10.8 Å². The van der Waals surface area contributed by atoms with Gasteiger partial charge in [0.15, 0.2) is 12.3 Å². The van der Waals surface area contributed by atoms with Gasteiger partial charge in [0.25, 0.3) is 11.4 Å². The summed E-state index contributed by atoms with van der Waals surface area (Å²) in [7, 11) is -17.5. The first kappa shape index (κ1) is 27.9. The molecule has 33 heavy (non-hydrogen) atoms. The molecule has 1 aromatic heterocycles. The number of ether oxygens (including phenoxy) is 1. The molecule has 21 heteroatoms. The van der Waals surface area contributed by atoms with Gasteiger partial charge < -0.3 is 29.4 Å². The second-order valence-corrected chi connectivity index (χ2v) is 11.0. The molecule has 1 aliphatic rings. The lowest BCUT2D eigenvalue weighted by molar-refractivity contribution is -0.204. The maximum Gasteiger partial charge on any atom is 0.490 e. The molecule has 0 amide bonds. The summed E-state index contributed by atoms with van der Waals surface area (Å²) in [5.74, 6) is -3.74. The summed E-state index contributed by atoms with van der Waals surface area (Å²) in [6, 6.07) is 0.736. The van der Waals surface area contributed by atoms with E-state index in [1.54, 1.807) is 4.98 Å². The number of nitrogens with one attached hydrogen (secondary N) is 1. The van der Waals surface area contributed by atoms with Crippen molar-refractivity contribution in [1.82, 2.24) is 9.55 Å². The molecule has 1 saturated heterocycles. The highest BCUT2D eigenvalue weighted by Crippen LogP contribution is 2.66. The SMILES string of the molecule is C=C(C)[C@]1(F)C(n2ccc(=O)[nH]c2=O)O[C@](F)(COP(=O)(O)OP(=O)(O)OP(=O)(O)O)[C@H]1O. The number of halogens is 2. The van der Waals surface area contributed by atoms with Crippen molar-refractivity contribution in [2.24, 2.45) is 0 Å². The number of aliphatic hydroxyl groups is 1. The quantitative estimate of drug-likeness (QED) is 0.173. The predicted octanol–water partition coefficient (Wildman–Crippen LogP) is -0.280. The number of aliphatic hydroxyl groups excluding tert-OH is 1. The maximum atomic E-state index is 15.7. The Balaban J connectivity index is 2.33. The number of hydrogen-bond acceptors (Lipinski definition) is 10. The van der Waals surface area contributed by atoms with Crippen molar-refractivity contribution in [2.75, 3.05) is 6.61 Å². The third-order valence-corrected chi connectivity index (χ3v) is 7.85. The lowest BCUT2D eigenvalue weighted by Crippen LogP contribution is -2.49. The highest BCUT2D eigenvalue weighted by atomic mass is 31.3. The average molecular weight is 544 g/mol. The zero-order chi connectivity index (χ0) is 25.6. The minimum absolute atomic E-state index is 0.339. The van der Waals surface area contributed by atoms with Crippen molar-refractivity contribution >= 4 is 23.5 Å². The first-order valence-corrected chi connectivity index (χ1v) is 12.7. The number of aromatic amines is 1. The molecule has 0 aromatic carbocycles. The Morgan fingerprint density at radius 3 is 2.27 bits per heavy atom. The number of alkyl halides is 2. The van der Waals surface area contributed by atoms with Gasteiger partial charge in [0, 0.05) is 12.3 Å². The Kier molecular flexibility index (Phi) is 7.60. The van der Waals surface area contributed by atoms with Crippen LogP contribution in [0, 0.1) is 0 Å². The van der Waals surface area contributed by atoms with Crippen LogP contribution in [-0.2, 0) is 31.6 Å². The summed E-state index contributed by atoms with van der Waals surface area (Å²) in [6.45, 7) is 2.33. The Morgan fingerprint density at radius 2 is 1.79 bits per heavy atom. The predicted molar refractivity (Wildman–Crippen MR) is 99.8 cm³/mol. The number of phosphoric ester groups is 1. The molecule has 3 unspecified atom stereocenters. The van der Waals surface area contributed by atoms with Crippen molar-refractivity contribution < 1.29 is 65.0 Å². The Labute approximate surface area is 181 Å². The summed E-state index contributed by atoms with van der Waals surface area (Å²) in [4.78, 5) is 60.4. The molecule has 0 spiro atoms. The van der Waals surface area contributed by atoms with E-state index in [2.05, 4.69) is 19.7 Å². The fraction of sp³-hybridized carbons (Fsp3) is 0.500. The third kappa shape index (κ3) is 6.19. The van der Waals surface area contributed by atoms with E-state index in [0.717, 1.165) is 13.0 Å². The summed E-state index contributed by atoms with van der Waals surface area (Å²) in [5, 5.41) is 10.2. The Morgan fingerprint density at radius 1 is 1.21 bits per heavy atom. The van der Waals surface area contributed by atoms with Gasteiger partial charge in [-0.2, -0.15) is 8.62 Å². The van der Waals surface area contributed by atoms with E-state index in [1.807, 2.05) is 0 Å². The normalized spacial score (nSPS) is 31.6. The summed E-state index contributed by atoms with van der Waals surface area (Å²) < 4.78 is 80.7. The lowest BCUT2D eigenvalue weighted by atomic mass is 9.88. The Bertz CT molecular complexity index is 1200. The minimum Gasteiger partial charge on any atom is -0.383 e. The molecule has 1 fully saturated rings. The van der Waals surface area contributed by atoms with Crippen LogP contribution in [0.15, 0.2) is 34.0 Å². The van der Waals surface area contributed by atoms with E-state index >= 15 is 8.78 Å². The van der Waals surface area contributed by atoms with Crippen LogP contribution in [0.5, 0.6) is 0 Å². The summed E-state index contributed by atoms with van der Waals surface area (Å²) >= 11 is 0. The van der Waals surface area contributed by atoms with Gasteiger partial charge in [-0.05, 0) is 12.5 Å². The maximum absolute atomic E-state index is 15.7. The van der Waals surface area contributed by atoms with E-state index in [1.165, 1.54) is 0 Å². The molecule has 6 N–H and O–H groups in total. The number of H-pyrrole nitrogens is 1. The van der Waals surface area contributed by atoms with Crippen LogP contribution in [0.25, 0.3) is 0 Å². The smallest absolute Gasteiger partial charge is 0.383 e. The van der Waals surface area contributed by atoms with E-state index in [9.17, 15) is 33.3 Å². The van der Waals surface area contributed by atoms with Crippen LogP contribution < -0.4 is 11.2 Å². The number of aromatic nitrogens is 2. The van der Waals surface area contributed by atoms with Crippen molar-refractivity contribution in [1.29, 1.82) is 0 Å². The number of rotatable bonds is 9. The molecule has 0 saturated carbocycles. The van der Waals surface area contributed by atoms with E-state index in [-0.39, 0.29) is 0 Å². The number of nitrogens with zero attached hydrogens (tertiary/aromatic N) is 1. The van der Waals surface area contributed by atoms with Crippen LogP contribution in [-0.4, -0.2) is 58.5 Å². The topological polar surface area (TPSA) is 244 Å². The average Bonchev–Trinajstić information content (AvgIpc) is 2.80. The lowest BCUT2D eigenvalue weighted by Gasteiger charge is -2.29. The molecule has 1 aliphatic heterocycles. The van der Waals surface area contributed by atoms with Gasteiger partial charge in [-0.1, -0.05) is 6.58 Å². The first-order chi connectivity index (χ1) is 14.7. The van der Waals surface area contributed by atoms with Gasteiger partial charge in [0.05, 0.1) is 0 Å². The monoisotopic (exact) mass is 544 g/mol. The highest BCUT2D eigenvalue weighted by Gasteiger charge is 2.68. The number of phosphoric acid groups is 3. The van der Waals surface area contributed by atoms with Gasteiger partial charge in [-0.25, -0.2) is 27.3 Å². The molecule has 16 nitrogen and oxygen atoms in total. The molecule has 188 valence electrons. The second-order valence-electron chi connectivity index (χ2n) is 6.59. The van der Waals surface area contributed by atoms with Crippen LogP contribution >= 0.6 is 23.5 Å². The van der Waals surface area contributed by atoms with Crippen molar-refractivity contribution in [2.45, 2.75) is 30.8 Å². The van der Waals surface area contributed by atoms with Crippen LogP contribution in [0.3, 0.4) is 0 Å². The van der Waals surface area contributed by atoms with E-state index in [4.69, 9.17) is 19.4 Å². The number of hydrogen-bond donors (Lipinski definition) is 6. The van der Waals surface area contributed by atoms with Gasteiger partial charge in [0.1, 0.15) is 6.61 Å². The van der Waals surface area contributed by atoms with E-state index < -0.39 is 70.8 Å². The molecular formula is C12H17F2N2O14P3. The minimum atomic E-state index is -5.94. The summed E-state index contributed by atoms with van der Waals surface area (Å²) in [6.07, 6.45) is -4.52. The molecule has 0 aliphatic carbocycles. The molecule has 2 heterocycles. The van der Waals surface area contributed by atoms with Crippen molar-refractivity contribution in [3.8, 4) is 0 Å². The molecule has 6 atom stereocenters. The van der Waals surface area contributed by atoms with Gasteiger partial charge >= 0.3 is 29.2 Å². The first-order valence-electron chi connectivity index (χ1n) is 8.22.